The molecule has 1 aliphatic rings. The van der Waals surface area contributed by atoms with Gasteiger partial charge in [-0.1, -0.05) is 12.1 Å². The highest BCUT2D eigenvalue weighted by Gasteiger charge is 2.15. The van der Waals surface area contributed by atoms with Gasteiger partial charge in [0.1, 0.15) is 11.7 Å². The minimum Gasteiger partial charge on any atom is -0.383 e. The number of fused-ring (bicyclic) bond motifs is 1. The SMILES string of the molecule is NC1=NCc2c(F)cccc21. The molecule has 0 saturated heterocycles. The molecule has 1 heterocycles. The van der Waals surface area contributed by atoms with Crippen molar-refractivity contribution < 1.29 is 4.39 Å². The van der Waals surface area contributed by atoms with Crippen molar-refractivity contribution in [2.45, 2.75) is 6.54 Å². The lowest BCUT2D eigenvalue weighted by Gasteiger charge is -1.98. The Kier molecular flexibility index (Phi) is 1.18. The van der Waals surface area contributed by atoms with Gasteiger partial charge in [0.15, 0.2) is 0 Å². The van der Waals surface area contributed by atoms with Crippen LogP contribution in [-0.4, -0.2) is 5.84 Å². The molecule has 2 nitrogen and oxygen atoms in total. The molecule has 1 aromatic carbocycles. The normalized spacial score (nSPS) is 14.5. The van der Waals surface area contributed by atoms with Gasteiger partial charge in [0.2, 0.25) is 0 Å². The quantitative estimate of drug-likeness (QED) is 0.589. The first-order valence-corrected chi connectivity index (χ1v) is 3.37. The summed E-state index contributed by atoms with van der Waals surface area (Å²) >= 11 is 0. The predicted octanol–water partition coefficient (Wildman–Crippen LogP) is 1.04. The van der Waals surface area contributed by atoms with E-state index in [1.54, 1.807) is 12.1 Å². The Balaban J connectivity index is 2.64. The van der Waals surface area contributed by atoms with E-state index >= 15 is 0 Å². The Hall–Kier alpha value is -1.38. The summed E-state index contributed by atoms with van der Waals surface area (Å²) in [5, 5.41) is 0. The Bertz CT molecular complexity index is 331. The lowest BCUT2D eigenvalue weighted by Crippen LogP contribution is -2.10. The van der Waals surface area contributed by atoms with E-state index in [0.717, 1.165) is 5.56 Å². The second-order valence-corrected chi connectivity index (χ2v) is 2.47. The number of hydrogen-bond acceptors (Lipinski definition) is 2. The molecule has 11 heavy (non-hydrogen) atoms. The highest BCUT2D eigenvalue weighted by Crippen LogP contribution is 2.19. The van der Waals surface area contributed by atoms with Crippen molar-refractivity contribution in [1.82, 2.24) is 0 Å². The largest absolute Gasteiger partial charge is 0.383 e. The molecule has 0 unspecified atom stereocenters. The van der Waals surface area contributed by atoms with Crippen molar-refractivity contribution >= 4 is 5.84 Å². The van der Waals surface area contributed by atoms with E-state index in [0.29, 0.717) is 17.9 Å². The average Bonchev–Trinajstić information content (AvgIpc) is 2.35. The van der Waals surface area contributed by atoms with E-state index in [4.69, 9.17) is 5.73 Å². The number of amidine groups is 1. The van der Waals surface area contributed by atoms with Crippen LogP contribution in [0.25, 0.3) is 0 Å². The summed E-state index contributed by atoms with van der Waals surface area (Å²) < 4.78 is 12.9. The lowest BCUT2D eigenvalue weighted by molar-refractivity contribution is 0.612. The Morgan fingerprint density at radius 2 is 2.27 bits per heavy atom. The number of benzene rings is 1. The molecule has 1 aromatic rings. The van der Waals surface area contributed by atoms with Gasteiger partial charge in [-0.15, -0.1) is 0 Å². The first kappa shape index (κ1) is 6.34. The van der Waals surface area contributed by atoms with Crippen LogP contribution in [-0.2, 0) is 6.54 Å². The summed E-state index contributed by atoms with van der Waals surface area (Å²) in [5.74, 6) is 0.228. The number of halogens is 1. The Labute approximate surface area is 63.6 Å². The molecule has 2 N–H and O–H groups in total. The minimum atomic E-state index is -0.216. The maximum absolute atomic E-state index is 12.9. The molecule has 0 saturated carbocycles. The Morgan fingerprint density at radius 1 is 1.45 bits per heavy atom. The van der Waals surface area contributed by atoms with Gasteiger partial charge in [-0.2, -0.15) is 0 Å². The van der Waals surface area contributed by atoms with E-state index < -0.39 is 0 Å². The molecule has 0 atom stereocenters. The number of nitrogens with two attached hydrogens (primary N) is 1. The van der Waals surface area contributed by atoms with Gasteiger partial charge in [-0.25, -0.2) is 4.39 Å². The zero-order valence-electron chi connectivity index (χ0n) is 5.84. The molecule has 0 aromatic heterocycles. The van der Waals surface area contributed by atoms with E-state index in [9.17, 15) is 4.39 Å². The summed E-state index contributed by atoms with van der Waals surface area (Å²) in [5.41, 5.74) is 6.86. The second-order valence-electron chi connectivity index (χ2n) is 2.47. The first-order chi connectivity index (χ1) is 5.29. The third kappa shape index (κ3) is 0.808. The molecule has 0 radical (unpaired) electrons. The molecule has 56 valence electrons. The Morgan fingerprint density at radius 3 is 3.00 bits per heavy atom. The fraction of sp³-hybridized carbons (Fsp3) is 0.125. The smallest absolute Gasteiger partial charge is 0.129 e. The zero-order chi connectivity index (χ0) is 7.84. The molecular formula is C8H7FN2. The van der Waals surface area contributed by atoms with Crippen molar-refractivity contribution in [2.75, 3.05) is 0 Å². The van der Waals surface area contributed by atoms with E-state index in [1.807, 2.05) is 0 Å². The van der Waals surface area contributed by atoms with E-state index in [-0.39, 0.29) is 5.82 Å². The third-order valence-corrected chi connectivity index (χ3v) is 1.80. The van der Waals surface area contributed by atoms with Gasteiger partial charge in [0.25, 0.3) is 0 Å². The highest BCUT2D eigenvalue weighted by atomic mass is 19.1. The average molecular weight is 150 g/mol. The summed E-state index contributed by atoms with van der Waals surface area (Å²) in [4.78, 5) is 3.92. The van der Waals surface area contributed by atoms with Gasteiger partial charge in [0.05, 0.1) is 6.54 Å². The van der Waals surface area contributed by atoms with Crippen molar-refractivity contribution in [1.29, 1.82) is 0 Å². The molecule has 0 spiro atoms. The fourth-order valence-electron chi connectivity index (χ4n) is 1.21. The van der Waals surface area contributed by atoms with Crippen LogP contribution in [0.15, 0.2) is 23.2 Å². The van der Waals surface area contributed by atoms with Crippen molar-refractivity contribution in [3.05, 3.63) is 35.1 Å². The molecular weight excluding hydrogens is 143 g/mol. The topological polar surface area (TPSA) is 38.4 Å². The van der Waals surface area contributed by atoms with E-state index in [2.05, 4.69) is 4.99 Å². The molecule has 2 rings (SSSR count). The van der Waals surface area contributed by atoms with Gasteiger partial charge in [-0.05, 0) is 6.07 Å². The molecule has 0 aliphatic carbocycles. The standard InChI is InChI=1S/C8H7FN2/c9-7-3-1-2-5-6(7)4-11-8(5)10/h1-3H,4H2,(H2,10,11). The number of rotatable bonds is 0. The van der Waals surface area contributed by atoms with Crippen LogP contribution in [0.1, 0.15) is 11.1 Å². The van der Waals surface area contributed by atoms with Crippen LogP contribution < -0.4 is 5.73 Å². The van der Waals surface area contributed by atoms with Gasteiger partial charge in [-0.3, -0.25) is 4.99 Å². The van der Waals surface area contributed by atoms with Gasteiger partial charge < -0.3 is 5.73 Å². The molecule has 0 amide bonds. The molecule has 0 bridgehead atoms. The maximum Gasteiger partial charge on any atom is 0.129 e. The van der Waals surface area contributed by atoms with Crippen molar-refractivity contribution in [3.8, 4) is 0 Å². The van der Waals surface area contributed by atoms with Crippen LogP contribution in [0.2, 0.25) is 0 Å². The number of hydrogen-bond donors (Lipinski definition) is 1. The molecule has 1 aliphatic heterocycles. The van der Waals surface area contributed by atoms with Crippen molar-refractivity contribution in [2.24, 2.45) is 10.7 Å². The predicted molar refractivity (Wildman–Crippen MR) is 40.8 cm³/mol. The minimum absolute atomic E-state index is 0.216. The van der Waals surface area contributed by atoms with Crippen LogP contribution in [0.3, 0.4) is 0 Å². The monoisotopic (exact) mass is 150 g/mol. The van der Waals surface area contributed by atoms with Crippen LogP contribution in [0.5, 0.6) is 0 Å². The summed E-state index contributed by atoms with van der Waals surface area (Å²) in [7, 11) is 0. The highest BCUT2D eigenvalue weighted by molar-refractivity contribution is 6.00. The van der Waals surface area contributed by atoms with Gasteiger partial charge >= 0.3 is 0 Å². The van der Waals surface area contributed by atoms with Crippen LogP contribution in [0.4, 0.5) is 4.39 Å². The van der Waals surface area contributed by atoms with E-state index in [1.165, 1.54) is 6.07 Å². The lowest BCUT2D eigenvalue weighted by atomic mass is 10.1. The maximum atomic E-state index is 12.9. The molecule has 0 fully saturated rings. The number of nitrogens with zero attached hydrogens (tertiary/aromatic N) is 1. The fourth-order valence-corrected chi connectivity index (χ4v) is 1.21. The second kappa shape index (κ2) is 2.05. The summed E-state index contributed by atoms with van der Waals surface area (Å²) in [6, 6.07) is 4.85. The van der Waals surface area contributed by atoms with Crippen molar-refractivity contribution in [3.63, 3.8) is 0 Å². The molecule has 3 heteroatoms. The van der Waals surface area contributed by atoms with Crippen LogP contribution >= 0.6 is 0 Å². The number of aliphatic imine (C=N–C) groups is 1. The zero-order valence-corrected chi connectivity index (χ0v) is 5.84. The summed E-state index contributed by atoms with van der Waals surface area (Å²) in [6.07, 6.45) is 0. The van der Waals surface area contributed by atoms with Gasteiger partial charge in [0, 0.05) is 11.1 Å². The first-order valence-electron chi connectivity index (χ1n) is 3.37. The summed E-state index contributed by atoms with van der Waals surface area (Å²) in [6.45, 7) is 0.383. The van der Waals surface area contributed by atoms with Crippen LogP contribution in [0, 0.1) is 5.82 Å². The third-order valence-electron chi connectivity index (χ3n) is 1.80.